The van der Waals surface area contributed by atoms with Crippen LogP contribution in [0.3, 0.4) is 0 Å². The lowest BCUT2D eigenvalue weighted by Crippen LogP contribution is -2.48. The summed E-state index contributed by atoms with van der Waals surface area (Å²) >= 11 is 0. The fraction of sp³-hybridized carbons (Fsp3) is 0.500. The second kappa shape index (κ2) is 5.20. The summed E-state index contributed by atoms with van der Waals surface area (Å²) in [7, 11) is -0.630. The lowest BCUT2D eigenvalue weighted by molar-refractivity contribution is -0.0377. The Morgan fingerprint density at radius 2 is 1.78 bits per heavy atom. The van der Waals surface area contributed by atoms with Gasteiger partial charge >= 0.3 is 0 Å². The molecule has 6 rings (SSSR count). The summed E-state index contributed by atoms with van der Waals surface area (Å²) < 4.78 is 17.2. The smallest absolute Gasteiger partial charge is 0.198 e. The summed E-state index contributed by atoms with van der Waals surface area (Å²) in [5.74, 6) is 4.75. The molecule has 0 radical (unpaired) electrons. The van der Waals surface area contributed by atoms with Crippen molar-refractivity contribution >= 4 is 16.5 Å². The van der Waals surface area contributed by atoms with Crippen molar-refractivity contribution in [2.45, 2.75) is 18.8 Å². The van der Waals surface area contributed by atoms with Gasteiger partial charge in [-0.25, -0.2) is 4.98 Å². The minimum Gasteiger partial charge on any atom is -0.448 e. The SMILES string of the molecule is O=S1CCN(c2ccc(-c3coc(C4C5CC4C5)n3)cc2)CC1. The number of rotatable bonds is 3. The van der Waals surface area contributed by atoms with Crippen molar-refractivity contribution in [2.75, 3.05) is 29.5 Å². The molecule has 0 N–H and O–H groups in total. The van der Waals surface area contributed by atoms with Gasteiger partial charge < -0.3 is 9.32 Å². The Kier molecular flexibility index (Phi) is 3.11. The van der Waals surface area contributed by atoms with E-state index in [1.165, 1.54) is 18.5 Å². The molecule has 120 valence electrons. The van der Waals surface area contributed by atoms with Gasteiger partial charge in [-0.2, -0.15) is 0 Å². The minimum absolute atomic E-state index is 0.595. The van der Waals surface area contributed by atoms with Gasteiger partial charge in [0.05, 0.1) is 0 Å². The molecule has 1 aromatic carbocycles. The van der Waals surface area contributed by atoms with Crippen LogP contribution in [0.5, 0.6) is 0 Å². The van der Waals surface area contributed by atoms with E-state index >= 15 is 0 Å². The normalized spacial score (nSPS) is 29.9. The fourth-order valence-electron chi connectivity index (χ4n) is 4.00. The van der Waals surface area contributed by atoms with Crippen LogP contribution in [0.4, 0.5) is 5.69 Å². The van der Waals surface area contributed by atoms with Crippen LogP contribution in [-0.2, 0) is 10.8 Å². The lowest BCUT2D eigenvalue weighted by Gasteiger charge is -2.56. The van der Waals surface area contributed by atoms with Gasteiger partial charge in [-0.1, -0.05) is 12.1 Å². The van der Waals surface area contributed by atoms with Gasteiger partial charge in [-0.15, -0.1) is 0 Å². The molecule has 4 nitrogen and oxygen atoms in total. The Hall–Kier alpha value is -1.62. The molecule has 0 atom stereocenters. The summed E-state index contributed by atoms with van der Waals surface area (Å²) in [6.45, 7) is 1.76. The van der Waals surface area contributed by atoms with Crippen molar-refractivity contribution in [2.24, 2.45) is 11.8 Å². The molecule has 1 saturated heterocycles. The molecule has 0 spiro atoms. The van der Waals surface area contributed by atoms with Crippen molar-refractivity contribution in [3.05, 3.63) is 36.4 Å². The van der Waals surface area contributed by atoms with Crippen molar-refractivity contribution in [3.8, 4) is 11.3 Å². The topological polar surface area (TPSA) is 46.3 Å². The monoisotopic (exact) mass is 328 g/mol. The molecule has 23 heavy (non-hydrogen) atoms. The third-order valence-corrected chi connectivity index (χ3v) is 7.02. The predicted molar refractivity (Wildman–Crippen MR) is 91.0 cm³/mol. The Bertz CT molecular complexity index is 731. The molecule has 4 aliphatic rings. The largest absolute Gasteiger partial charge is 0.448 e. The second-order valence-corrected chi connectivity index (χ2v) is 8.67. The maximum atomic E-state index is 11.5. The zero-order chi connectivity index (χ0) is 15.4. The zero-order valence-electron chi connectivity index (χ0n) is 13.0. The molecule has 3 aliphatic carbocycles. The van der Waals surface area contributed by atoms with E-state index in [2.05, 4.69) is 29.2 Å². The fourth-order valence-corrected chi connectivity index (χ4v) is 5.06. The van der Waals surface area contributed by atoms with Crippen LogP contribution >= 0.6 is 0 Å². The molecule has 4 fully saturated rings. The molecule has 3 saturated carbocycles. The van der Waals surface area contributed by atoms with Gasteiger partial charge in [-0.3, -0.25) is 4.21 Å². The van der Waals surface area contributed by atoms with Crippen LogP contribution in [0.15, 0.2) is 34.9 Å². The average molecular weight is 328 g/mol. The van der Waals surface area contributed by atoms with E-state index in [0.717, 1.165) is 53.6 Å². The summed E-state index contributed by atoms with van der Waals surface area (Å²) in [4.78, 5) is 7.02. The molecule has 2 bridgehead atoms. The number of benzene rings is 1. The number of anilines is 1. The molecule has 2 heterocycles. The summed E-state index contributed by atoms with van der Waals surface area (Å²) in [5.41, 5.74) is 3.25. The van der Waals surface area contributed by atoms with Crippen LogP contribution < -0.4 is 4.90 Å². The number of aromatic nitrogens is 1. The molecule has 0 unspecified atom stereocenters. The Balaban J connectivity index is 1.32. The highest BCUT2D eigenvalue weighted by atomic mass is 32.2. The van der Waals surface area contributed by atoms with E-state index in [1.807, 2.05) is 0 Å². The van der Waals surface area contributed by atoms with E-state index in [9.17, 15) is 4.21 Å². The number of oxazole rings is 1. The molecular weight excluding hydrogens is 308 g/mol. The van der Waals surface area contributed by atoms with E-state index < -0.39 is 10.8 Å². The van der Waals surface area contributed by atoms with Gasteiger partial charge in [0.25, 0.3) is 0 Å². The highest BCUT2D eigenvalue weighted by Crippen LogP contribution is 2.63. The third kappa shape index (κ3) is 2.24. The number of hydrogen-bond acceptors (Lipinski definition) is 4. The first-order valence-electron chi connectivity index (χ1n) is 8.44. The zero-order valence-corrected chi connectivity index (χ0v) is 13.8. The maximum absolute atomic E-state index is 11.5. The highest BCUT2D eigenvalue weighted by molar-refractivity contribution is 7.85. The molecule has 1 aromatic heterocycles. The summed E-state index contributed by atoms with van der Waals surface area (Å²) in [5, 5.41) is 0. The van der Waals surface area contributed by atoms with E-state index in [-0.39, 0.29) is 0 Å². The Labute approximate surface area is 138 Å². The molecule has 0 amide bonds. The maximum Gasteiger partial charge on any atom is 0.198 e. The molecule has 2 aromatic rings. The summed E-state index contributed by atoms with van der Waals surface area (Å²) in [6, 6.07) is 8.51. The number of nitrogens with zero attached hydrogens (tertiary/aromatic N) is 2. The van der Waals surface area contributed by atoms with E-state index in [4.69, 9.17) is 9.40 Å². The van der Waals surface area contributed by atoms with Crippen LogP contribution in [0, 0.1) is 11.8 Å². The molecule has 5 heteroatoms. The van der Waals surface area contributed by atoms with Crippen LogP contribution in [-0.4, -0.2) is 33.8 Å². The van der Waals surface area contributed by atoms with Gasteiger partial charge in [0, 0.05) is 52.6 Å². The Morgan fingerprint density at radius 1 is 1.09 bits per heavy atom. The standard InChI is InChI=1S/C18H20N2O2S/c21-23-7-5-20(6-8-23)15-3-1-12(2-4-15)16-11-22-18(19-16)17-13-9-14(17)10-13/h1-4,11,13-14,17H,5-10H2. The average Bonchev–Trinajstić information content (AvgIpc) is 2.94. The molecule has 1 aliphatic heterocycles. The van der Waals surface area contributed by atoms with Gasteiger partial charge in [0.15, 0.2) is 5.89 Å². The van der Waals surface area contributed by atoms with Gasteiger partial charge in [-0.05, 0) is 36.8 Å². The minimum atomic E-state index is -0.630. The first kappa shape index (κ1) is 13.8. The van der Waals surface area contributed by atoms with Gasteiger partial charge in [0.2, 0.25) is 0 Å². The van der Waals surface area contributed by atoms with Crippen molar-refractivity contribution in [1.29, 1.82) is 0 Å². The third-order valence-electron chi connectivity index (χ3n) is 5.74. The summed E-state index contributed by atoms with van der Waals surface area (Å²) in [6.07, 6.45) is 4.54. The first-order valence-corrected chi connectivity index (χ1v) is 9.92. The first-order chi connectivity index (χ1) is 11.3. The van der Waals surface area contributed by atoms with Crippen molar-refractivity contribution in [3.63, 3.8) is 0 Å². The van der Waals surface area contributed by atoms with E-state index in [0.29, 0.717) is 5.92 Å². The quantitative estimate of drug-likeness (QED) is 0.869. The molecular formula is C18H20N2O2S. The van der Waals surface area contributed by atoms with Crippen molar-refractivity contribution < 1.29 is 8.63 Å². The van der Waals surface area contributed by atoms with Crippen molar-refractivity contribution in [1.82, 2.24) is 4.98 Å². The number of hydrogen-bond donors (Lipinski definition) is 0. The van der Waals surface area contributed by atoms with Crippen LogP contribution in [0.2, 0.25) is 0 Å². The predicted octanol–water partition coefficient (Wildman–Crippen LogP) is 3.03. The van der Waals surface area contributed by atoms with Gasteiger partial charge in [0.1, 0.15) is 12.0 Å². The highest BCUT2D eigenvalue weighted by Gasteiger charge is 2.55. The second-order valence-electron chi connectivity index (χ2n) is 6.97. The lowest BCUT2D eigenvalue weighted by atomic mass is 9.48. The van der Waals surface area contributed by atoms with Crippen LogP contribution in [0.1, 0.15) is 24.7 Å². The van der Waals surface area contributed by atoms with Crippen LogP contribution in [0.25, 0.3) is 11.3 Å². The Morgan fingerprint density at radius 3 is 2.39 bits per heavy atom. The van der Waals surface area contributed by atoms with E-state index in [1.54, 1.807) is 6.26 Å².